The molecule has 4 nitrogen and oxygen atoms in total. The predicted octanol–water partition coefficient (Wildman–Crippen LogP) is 4.33. The monoisotopic (exact) mass is 570 g/mol. The maximum Gasteiger partial charge on any atom is 0.102 e. The van der Waals surface area contributed by atoms with Crippen molar-refractivity contribution in [2.45, 2.75) is 32.3 Å². The van der Waals surface area contributed by atoms with E-state index < -0.39 is 24.7 Å². The maximum absolute atomic E-state index is 11.3. The van der Waals surface area contributed by atoms with Crippen LogP contribution in [-0.2, 0) is 11.1 Å². The Labute approximate surface area is 172 Å². The molecule has 0 heterocycles. The standard InChI is InChI=1S/C17H19I2NO3S/c1-11-8-9-13(24(22)23)10-14(11)15(16(21)17(2,18)19)20-12-6-4-3-5-7-12/h3-10,15-16,20-21H,1-2H3,(H,22,23)/p-1/t15-,16+/m1/s1. The molecule has 0 saturated heterocycles. The zero-order valence-corrected chi connectivity index (χ0v) is 18.3. The molecule has 0 aliphatic carbocycles. The number of halogens is 2. The number of alkyl halides is 2. The Morgan fingerprint density at radius 1 is 1.21 bits per heavy atom. The van der Waals surface area contributed by atoms with E-state index in [1.165, 1.54) is 0 Å². The molecule has 3 atom stereocenters. The Morgan fingerprint density at radius 2 is 1.83 bits per heavy atom. The van der Waals surface area contributed by atoms with Gasteiger partial charge in [-0.3, -0.25) is 4.21 Å². The zero-order chi connectivity index (χ0) is 17.9. The van der Waals surface area contributed by atoms with E-state index in [1.807, 2.05) is 44.2 Å². The number of rotatable bonds is 6. The number of benzene rings is 2. The van der Waals surface area contributed by atoms with Gasteiger partial charge in [0.05, 0.1) is 7.47 Å². The summed E-state index contributed by atoms with van der Waals surface area (Å²) in [6.07, 6.45) is -0.729. The van der Waals surface area contributed by atoms with Gasteiger partial charge in [-0.25, -0.2) is 0 Å². The summed E-state index contributed by atoms with van der Waals surface area (Å²) in [5, 5.41) is 14.2. The molecule has 2 rings (SSSR count). The number of para-hydroxylation sites is 1. The lowest BCUT2D eigenvalue weighted by Gasteiger charge is -2.33. The topological polar surface area (TPSA) is 72.4 Å². The number of aryl methyl sites for hydroxylation is 1. The van der Waals surface area contributed by atoms with Crippen LogP contribution < -0.4 is 5.32 Å². The van der Waals surface area contributed by atoms with Crippen LogP contribution in [0.4, 0.5) is 5.69 Å². The third kappa shape index (κ3) is 5.13. The Kier molecular flexibility index (Phi) is 7.06. The second-order valence-corrected chi connectivity index (χ2v) is 13.1. The smallest absolute Gasteiger partial charge is 0.102 e. The van der Waals surface area contributed by atoms with Crippen molar-refractivity contribution in [3.05, 3.63) is 59.7 Å². The van der Waals surface area contributed by atoms with Gasteiger partial charge < -0.3 is 15.0 Å². The molecule has 2 N–H and O–H groups in total. The number of anilines is 1. The van der Waals surface area contributed by atoms with Crippen molar-refractivity contribution in [3.63, 3.8) is 0 Å². The Bertz CT molecular complexity index is 720. The van der Waals surface area contributed by atoms with Crippen molar-refractivity contribution in [2.75, 3.05) is 5.32 Å². The summed E-state index contributed by atoms with van der Waals surface area (Å²) >= 11 is 2.08. The fourth-order valence-electron chi connectivity index (χ4n) is 2.39. The van der Waals surface area contributed by atoms with Crippen LogP contribution in [0.2, 0.25) is 0 Å². The molecule has 0 saturated carbocycles. The Morgan fingerprint density at radius 3 is 2.38 bits per heavy atom. The predicted molar refractivity (Wildman–Crippen MR) is 114 cm³/mol. The first-order valence-electron chi connectivity index (χ1n) is 7.27. The lowest BCUT2D eigenvalue weighted by molar-refractivity contribution is 0.153. The molecule has 7 heteroatoms. The summed E-state index contributed by atoms with van der Waals surface area (Å²) in [5.74, 6) is 0. The largest absolute Gasteiger partial charge is 0.768 e. The Balaban J connectivity index is 2.49. The molecule has 0 spiro atoms. The number of nitrogens with one attached hydrogen (secondary N) is 1. The van der Waals surface area contributed by atoms with Crippen molar-refractivity contribution in [2.24, 2.45) is 0 Å². The first-order valence-corrected chi connectivity index (χ1v) is 10.5. The molecule has 2 aromatic carbocycles. The van der Waals surface area contributed by atoms with Gasteiger partial charge in [-0.1, -0.05) is 69.4 Å². The van der Waals surface area contributed by atoms with Crippen molar-refractivity contribution < 1.29 is 13.9 Å². The van der Waals surface area contributed by atoms with Gasteiger partial charge in [-0.2, -0.15) is 0 Å². The lowest BCUT2D eigenvalue weighted by atomic mass is 9.95. The van der Waals surface area contributed by atoms with Gasteiger partial charge in [0.2, 0.25) is 0 Å². The van der Waals surface area contributed by atoms with Crippen molar-refractivity contribution >= 4 is 61.9 Å². The second-order valence-electron chi connectivity index (χ2n) is 5.64. The highest BCUT2D eigenvalue weighted by atomic mass is 127. The molecule has 24 heavy (non-hydrogen) atoms. The maximum atomic E-state index is 11.3. The van der Waals surface area contributed by atoms with Gasteiger partial charge in [-0.05, 0) is 60.3 Å². The number of aliphatic hydroxyl groups is 1. The summed E-state index contributed by atoms with van der Waals surface area (Å²) < 4.78 is 22.2. The quantitative estimate of drug-likeness (QED) is 0.308. The van der Waals surface area contributed by atoms with Crippen LogP contribution in [-0.4, -0.2) is 21.4 Å². The molecule has 0 aliphatic rings. The fourth-order valence-corrected chi connectivity index (χ4v) is 3.51. The van der Waals surface area contributed by atoms with E-state index >= 15 is 0 Å². The highest BCUT2D eigenvalue weighted by Gasteiger charge is 2.35. The van der Waals surface area contributed by atoms with Gasteiger partial charge >= 0.3 is 0 Å². The lowest BCUT2D eigenvalue weighted by Crippen LogP contribution is -2.37. The van der Waals surface area contributed by atoms with E-state index in [-0.39, 0.29) is 4.90 Å². The van der Waals surface area contributed by atoms with Gasteiger partial charge in [-0.15, -0.1) is 0 Å². The van der Waals surface area contributed by atoms with Gasteiger partial charge in [0.1, 0.15) is 6.10 Å². The minimum absolute atomic E-state index is 0.214. The SMILES string of the molecule is Cc1ccc(S(=O)[O-])cc1[C@@H](Nc1ccccc1)[C@H](O)C(C)(I)I. The molecule has 0 fully saturated rings. The van der Waals surface area contributed by atoms with E-state index in [1.54, 1.807) is 18.2 Å². The Hall–Kier alpha value is -0.230. The van der Waals surface area contributed by atoms with Crippen LogP contribution in [0.3, 0.4) is 0 Å². The molecule has 0 radical (unpaired) electrons. The summed E-state index contributed by atoms with van der Waals surface area (Å²) in [6, 6.07) is 14.1. The molecule has 0 amide bonds. The summed E-state index contributed by atoms with van der Waals surface area (Å²) in [7, 11) is 0. The van der Waals surface area contributed by atoms with Crippen LogP contribution in [0.15, 0.2) is 53.4 Å². The molecule has 130 valence electrons. The van der Waals surface area contributed by atoms with Gasteiger partial charge in [0, 0.05) is 10.6 Å². The number of hydrogen-bond donors (Lipinski definition) is 2. The average molecular weight is 570 g/mol. The van der Waals surface area contributed by atoms with Gasteiger partial charge in [0.25, 0.3) is 0 Å². The molecule has 1 unspecified atom stereocenters. The summed E-state index contributed by atoms with van der Waals surface area (Å²) in [5.41, 5.74) is 2.56. The van der Waals surface area contributed by atoms with Crippen molar-refractivity contribution in [1.82, 2.24) is 0 Å². The first-order chi connectivity index (χ1) is 11.2. The highest BCUT2D eigenvalue weighted by molar-refractivity contribution is 14.2. The molecule has 0 aliphatic heterocycles. The number of aliphatic hydroxyl groups excluding tert-OH is 1. The van der Waals surface area contributed by atoms with E-state index in [9.17, 15) is 13.9 Å². The summed E-state index contributed by atoms with van der Waals surface area (Å²) in [4.78, 5) is 0.214. The molecular weight excluding hydrogens is 552 g/mol. The van der Waals surface area contributed by atoms with Crippen LogP contribution in [0, 0.1) is 6.92 Å². The van der Waals surface area contributed by atoms with Crippen molar-refractivity contribution in [3.8, 4) is 0 Å². The normalized spacial score (nSPS) is 15.6. The van der Waals surface area contributed by atoms with Crippen LogP contribution in [0.1, 0.15) is 24.1 Å². The third-order valence-electron chi connectivity index (χ3n) is 3.71. The number of hydrogen-bond acceptors (Lipinski definition) is 4. The van der Waals surface area contributed by atoms with E-state index in [0.717, 1.165) is 16.8 Å². The average Bonchev–Trinajstić information content (AvgIpc) is 2.52. The minimum Gasteiger partial charge on any atom is -0.768 e. The van der Waals surface area contributed by atoms with E-state index in [0.29, 0.717) is 0 Å². The molecule has 0 bridgehead atoms. The summed E-state index contributed by atoms with van der Waals surface area (Å²) in [6.45, 7) is 3.85. The molecule has 0 aromatic heterocycles. The third-order valence-corrected chi connectivity index (χ3v) is 5.62. The van der Waals surface area contributed by atoms with Crippen LogP contribution in [0.5, 0.6) is 0 Å². The molecule has 2 aromatic rings. The molecular formula is C17H18I2NO3S-. The van der Waals surface area contributed by atoms with Crippen LogP contribution >= 0.6 is 45.2 Å². The highest BCUT2D eigenvalue weighted by Crippen LogP contribution is 2.39. The van der Waals surface area contributed by atoms with E-state index in [2.05, 4.69) is 50.5 Å². The first kappa shape index (κ1) is 20.1. The van der Waals surface area contributed by atoms with Gasteiger partial charge in [0.15, 0.2) is 0 Å². The van der Waals surface area contributed by atoms with Crippen molar-refractivity contribution in [1.29, 1.82) is 0 Å². The van der Waals surface area contributed by atoms with Crippen LogP contribution in [0.25, 0.3) is 0 Å². The fraction of sp³-hybridized carbons (Fsp3) is 0.294. The second kappa shape index (κ2) is 8.43. The zero-order valence-electron chi connectivity index (χ0n) is 13.2. The minimum atomic E-state index is -2.31. The van der Waals surface area contributed by atoms with E-state index in [4.69, 9.17) is 0 Å².